The smallest absolute Gasteiger partial charge is 0.267 e. The van der Waals surface area contributed by atoms with Gasteiger partial charge in [0.1, 0.15) is 10.6 Å². The molecule has 0 aliphatic carbocycles. The van der Waals surface area contributed by atoms with Crippen LogP contribution in [0.5, 0.6) is 5.75 Å². The number of carbonyl (C=O) groups excluding carboxylic acids is 1. The number of ether oxygens (including phenoxy) is 1. The average Bonchev–Trinajstić information content (AvgIpc) is 2.92. The molecule has 0 atom stereocenters. The molecule has 0 aliphatic rings. The van der Waals surface area contributed by atoms with E-state index in [0.717, 1.165) is 15.8 Å². The van der Waals surface area contributed by atoms with E-state index in [1.54, 1.807) is 0 Å². The van der Waals surface area contributed by atoms with Crippen LogP contribution in [0.2, 0.25) is 5.02 Å². The molecule has 1 aromatic heterocycles. The van der Waals surface area contributed by atoms with Crippen LogP contribution < -0.4 is 10.1 Å². The Hall–Kier alpha value is -2.04. The molecule has 0 saturated heterocycles. The van der Waals surface area contributed by atoms with E-state index in [4.69, 9.17) is 16.3 Å². The first-order chi connectivity index (χ1) is 11.5. The van der Waals surface area contributed by atoms with E-state index in [9.17, 15) is 4.79 Å². The van der Waals surface area contributed by atoms with E-state index in [2.05, 4.69) is 19.2 Å². The summed E-state index contributed by atoms with van der Waals surface area (Å²) >= 11 is 7.74. The van der Waals surface area contributed by atoms with Crippen LogP contribution in [0, 0.1) is 5.92 Å². The third-order valence-corrected chi connectivity index (χ3v) is 5.11. The summed E-state index contributed by atoms with van der Waals surface area (Å²) in [6, 6.07) is 15.1. The lowest BCUT2D eigenvalue weighted by Crippen LogP contribution is -2.10. The van der Waals surface area contributed by atoms with Gasteiger partial charge in [0.25, 0.3) is 5.91 Å². The number of fused-ring (bicyclic) bond motifs is 1. The van der Waals surface area contributed by atoms with Gasteiger partial charge >= 0.3 is 0 Å². The maximum absolute atomic E-state index is 12.5. The highest BCUT2D eigenvalue weighted by molar-refractivity contribution is 7.21. The summed E-state index contributed by atoms with van der Waals surface area (Å²) in [5.41, 5.74) is 0.713. The van der Waals surface area contributed by atoms with Crippen LogP contribution >= 0.6 is 22.9 Å². The van der Waals surface area contributed by atoms with Crippen LogP contribution in [0.3, 0.4) is 0 Å². The van der Waals surface area contributed by atoms with Gasteiger partial charge in [-0.3, -0.25) is 4.79 Å². The minimum Gasteiger partial charge on any atom is -0.493 e. The van der Waals surface area contributed by atoms with Crippen molar-refractivity contribution in [3.05, 3.63) is 58.4 Å². The molecule has 0 radical (unpaired) electrons. The second-order valence-electron chi connectivity index (χ2n) is 5.92. The molecular formula is C19H18ClNO2S. The van der Waals surface area contributed by atoms with Gasteiger partial charge in [0, 0.05) is 15.8 Å². The van der Waals surface area contributed by atoms with Crippen molar-refractivity contribution < 1.29 is 9.53 Å². The quantitative estimate of drug-likeness (QED) is 0.621. The predicted octanol–water partition coefficient (Wildman–Crippen LogP) is 5.84. The van der Waals surface area contributed by atoms with Crippen LogP contribution in [0.25, 0.3) is 10.1 Å². The number of halogens is 1. The molecule has 0 bridgehead atoms. The molecule has 0 saturated carbocycles. The van der Waals surface area contributed by atoms with Crippen LogP contribution in [-0.2, 0) is 0 Å². The molecule has 3 nitrogen and oxygen atoms in total. The lowest BCUT2D eigenvalue weighted by atomic mass is 10.2. The van der Waals surface area contributed by atoms with Crippen molar-refractivity contribution in [3.63, 3.8) is 0 Å². The van der Waals surface area contributed by atoms with Crippen LogP contribution in [0.4, 0.5) is 5.69 Å². The summed E-state index contributed by atoms with van der Waals surface area (Å²) in [5.74, 6) is 1.07. The van der Waals surface area contributed by atoms with E-state index in [1.165, 1.54) is 11.3 Å². The fraction of sp³-hybridized carbons (Fsp3) is 0.211. The minimum atomic E-state index is -0.197. The van der Waals surface area contributed by atoms with Gasteiger partial charge in [0.05, 0.1) is 11.6 Å². The molecule has 1 heterocycles. The van der Waals surface area contributed by atoms with E-state index < -0.39 is 0 Å². The zero-order valence-corrected chi connectivity index (χ0v) is 15.1. The summed E-state index contributed by atoms with van der Waals surface area (Å²) in [5, 5.41) is 4.30. The lowest BCUT2D eigenvalue weighted by Gasteiger charge is -2.09. The zero-order valence-electron chi connectivity index (χ0n) is 13.5. The minimum absolute atomic E-state index is 0.197. The molecule has 0 aliphatic heterocycles. The molecule has 124 valence electrons. The highest BCUT2D eigenvalue weighted by Gasteiger charge is 2.17. The molecule has 3 rings (SSSR count). The van der Waals surface area contributed by atoms with Gasteiger partial charge in [0.15, 0.2) is 0 Å². The van der Waals surface area contributed by atoms with E-state index in [1.807, 2.05) is 48.5 Å². The first-order valence-electron chi connectivity index (χ1n) is 7.76. The summed E-state index contributed by atoms with van der Waals surface area (Å²) in [6.45, 7) is 4.87. The van der Waals surface area contributed by atoms with E-state index in [0.29, 0.717) is 28.1 Å². The number of carbonyl (C=O) groups is 1. The molecule has 0 spiro atoms. The van der Waals surface area contributed by atoms with Crippen molar-refractivity contribution in [2.75, 3.05) is 11.9 Å². The Bertz CT molecular complexity index is 855. The van der Waals surface area contributed by atoms with Gasteiger partial charge in [0.2, 0.25) is 0 Å². The summed E-state index contributed by atoms with van der Waals surface area (Å²) in [7, 11) is 0. The van der Waals surface area contributed by atoms with Crippen molar-refractivity contribution in [2.24, 2.45) is 5.92 Å². The fourth-order valence-electron chi connectivity index (χ4n) is 2.25. The van der Waals surface area contributed by atoms with E-state index >= 15 is 0 Å². The van der Waals surface area contributed by atoms with Gasteiger partial charge in [-0.15, -0.1) is 11.3 Å². The Kier molecular flexibility index (Phi) is 5.07. The Morgan fingerprint density at radius 2 is 1.88 bits per heavy atom. The van der Waals surface area contributed by atoms with Crippen molar-refractivity contribution in [1.82, 2.24) is 0 Å². The highest BCUT2D eigenvalue weighted by Crippen LogP contribution is 2.35. The maximum atomic E-state index is 12.5. The summed E-state index contributed by atoms with van der Waals surface area (Å²) in [4.78, 5) is 13.0. The Morgan fingerprint density at radius 1 is 1.17 bits per heavy atom. The Morgan fingerprint density at radius 3 is 2.54 bits per heavy atom. The Balaban J connectivity index is 1.73. The second kappa shape index (κ2) is 7.24. The van der Waals surface area contributed by atoms with Gasteiger partial charge in [-0.05, 0) is 36.2 Å². The SMILES string of the molecule is CC(C)COc1ccc(NC(=O)c2sc3ccccc3c2Cl)cc1. The number of hydrogen-bond acceptors (Lipinski definition) is 3. The number of anilines is 1. The maximum Gasteiger partial charge on any atom is 0.267 e. The molecule has 2 aromatic carbocycles. The molecular weight excluding hydrogens is 342 g/mol. The number of benzene rings is 2. The second-order valence-corrected chi connectivity index (χ2v) is 7.35. The topological polar surface area (TPSA) is 38.3 Å². The van der Waals surface area contributed by atoms with Crippen LogP contribution in [0.1, 0.15) is 23.5 Å². The van der Waals surface area contributed by atoms with Crippen LogP contribution in [0.15, 0.2) is 48.5 Å². The normalized spacial score (nSPS) is 11.0. The van der Waals surface area contributed by atoms with Crippen molar-refractivity contribution in [3.8, 4) is 5.75 Å². The van der Waals surface area contributed by atoms with Crippen LogP contribution in [-0.4, -0.2) is 12.5 Å². The van der Waals surface area contributed by atoms with Crippen molar-refractivity contribution >= 4 is 44.6 Å². The van der Waals surface area contributed by atoms with Gasteiger partial charge < -0.3 is 10.1 Å². The highest BCUT2D eigenvalue weighted by atomic mass is 35.5. The standard InChI is InChI=1S/C19H18ClNO2S/c1-12(2)11-23-14-9-7-13(8-10-14)21-19(22)18-17(20)15-5-3-4-6-16(15)24-18/h3-10,12H,11H2,1-2H3,(H,21,22). The summed E-state index contributed by atoms with van der Waals surface area (Å²) in [6.07, 6.45) is 0. The first-order valence-corrected chi connectivity index (χ1v) is 8.95. The molecule has 3 aromatic rings. The number of nitrogens with one attached hydrogen (secondary N) is 1. The first kappa shape index (κ1) is 16.8. The molecule has 0 fully saturated rings. The fourth-order valence-corrected chi connectivity index (χ4v) is 3.66. The largest absolute Gasteiger partial charge is 0.493 e. The third kappa shape index (κ3) is 3.71. The van der Waals surface area contributed by atoms with Gasteiger partial charge in [-0.1, -0.05) is 43.6 Å². The number of thiophene rings is 1. The average molecular weight is 360 g/mol. The molecule has 1 N–H and O–H groups in total. The third-order valence-electron chi connectivity index (χ3n) is 3.44. The Labute approximate surface area is 150 Å². The van der Waals surface area contributed by atoms with Gasteiger partial charge in [-0.2, -0.15) is 0 Å². The number of amides is 1. The van der Waals surface area contributed by atoms with Crippen molar-refractivity contribution in [2.45, 2.75) is 13.8 Å². The monoisotopic (exact) mass is 359 g/mol. The molecule has 5 heteroatoms. The number of hydrogen-bond donors (Lipinski definition) is 1. The molecule has 0 unspecified atom stereocenters. The zero-order chi connectivity index (χ0) is 17.1. The number of rotatable bonds is 5. The summed E-state index contributed by atoms with van der Waals surface area (Å²) < 4.78 is 6.64. The van der Waals surface area contributed by atoms with Crippen molar-refractivity contribution in [1.29, 1.82) is 0 Å². The molecule has 1 amide bonds. The van der Waals surface area contributed by atoms with E-state index in [-0.39, 0.29) is 5.91 Å². The lowest BCUT2D eigenvalue weighted by molar-refractivity contribution is 0.103. The predicted molar refractivity (Wildman–Crippen MR) is 102 cm³/mol. The molecule has 24 heavy (non-hydrogen) atoms. The van der Waals surface area contributed by atoms with Gasteiger partial charge in [-0.25, -0.2) is 0 Å².